The second kappa shape index (κ2) is 3.50. The predicted molar refractivity (Wildman–Crippen MR) is 46.9 cm³/mol. The summed E-state index contributed by atoms with van der Waals surface area (Å²) in [5, 5.41) is 14.4. The Balaban J connectivity index is 2.52. The van der Waals surface area contributed by atoms with Crippen molar-refractivity contribution >= 4 is 5.97 Å². The molecule has 7 heteroatoms. The van der Waals surface area contributed by atoms with Crippen LogP contribution in [0.1, 0.15) is 35.7 Å². The molecule has 1 aliphatic rings. The number of alkyl halides is 3. The highest BCUT2D eigenvalue weighted by Crippen LogP contribution is 2.40. The Kier molecular flexibility index (Phi) is 2.40. The SMILES string of the molecule is O=C(O)[C@@H]1CCCc2[nH]nc(C(F)(F)F)c21. The van der Waals surface area contributed by atoms with E-state index in [-0.39, 0.29) is 12.0 Å². The Morgan fingerprint density at radius 1 is 1.50 bits per heavy atom. The summed E-state index contributed by atoms with van der Waals surface area (Å²) in [6, 6.07) is 0. The van der Waals surface area contributed by atoms with E-state index in [9.17, 15) is 18.0 Å². The van der Waals surface area contributed by atoms with Gasteiger partial charge >= 0.3 is 12.1 Å². The van der Waals surface area contributed by atoms with Crippen LogP contribution < -0.4 is 0 Å². The van der Waals surface area contributed by atoms with E-state index in [1.807, 2.05) is 0 Å². The minimum Gasteiger partial charge on any atom is -0.481 e. The lowest BCUT2D eigenvalue weighted by molar-refractivity contribution is -0.143. The number of carboxylic acids is 1. The maximum atomic E-state index is 12.6. The summed E-state index contributed by atoms with van der Waals surface area (Å²) in [5.74, 6) is -2.33. The van der Waals surface area contributed by atoms with Gasteiger partial charge in [-0.3, -0.25) is 9.89 Å². The summed E-state index contributed by atoms with van der Waals surface area (Å²) in [6.07, 6.45) is -3.40. The van der Waals surface area contributed by atoms with Crippen molar-refractivity contribution in [2.24, 2.45) is 0 Å². The molecule has 0 bridgehead atoms. The smallest absolute Gasteiger partial charge is 0.435 e. The van der Waals surface area contributed by atoms with E-state index < -0.39 is 23.8 Å². The number of nitrogens with one attached hydrogen (secondary N) is 1. The van der Waals surface area contributed by atoms with Crippen molar-refractivity contribution in [2.45, 2.75) is 31.4 Å². The summed E-state index contributed by atoms with van der Waals surface area (Å²) in [7, 11) is 0. The fraction of sp³-hybridized carbons (Fsp3) is 0.556. The molecule has 16 heavy (non-hydrogen) atoms. The Bertz CT molecular complexity index is 425. The van der Waals surface area contributed by atoms with Crippen LogP contribution in [-0.2, 0) is 17.4 Å². The first-order valence-corrected chi connectivity index (χ1v) is 4.78. The first-order chi connectivity index (χ1) is 7.41. The molecule has 4 nitrogen and oxygen atoms in total. The second-order valence-corrected chi connectivity index (χ2v) is 3.75. The summed E-state index contributed by atoms with van der Waals surface area (Å²) in [5.41, 5.74) is -0.980. The number of hydrogen-bond donors (Lipinski definition) is 2. The average molecular weight is 234 g/mol. The molecule has 1 aromatic heterocycles. The van der Waals surface area contributed by atoms with Gasteiger partial charge in [0, 0.05) is 11.3 Å². The summed E-state index contributed by atoms with van der Waals surface area (Å²) < 4.78 is 37.7. The number of aromatic amines is 1. The molecule has 1 aliphatic carbocycles. The van der Waals surface area contributed by atoms with Crippen molar-refractivity contribution in [3.05, 3.63) is 17.0 Å². The molecule has 88 valence electrons. The minimum absolute atomic E-state index is 0.189. The van der Waals surface area contributed by atoms with Crippen LogP contribution in [0.3, 0.4) is 0 Å². The quantitative estimate of drug-likeness (QED) is 0.780. The number of aliphatic carboxylic acids is 1. The average Bonchev–Trinajstić information content (AvgIpc) is 2.59. The van der Waals surface area contributed by atoms with Crippen molar-refractivity contribution < 1.29 is 23.1 Å². The van der Waals surface area contributed by atoms with Crippen molar-refractivity contribution in [1.29, 1.82) is 0 Å². The third-order valence-corrected chi connectivity index (χ3v) is 2.72. The normalized spacial score (nSPS) is 20.6. The molecule has 0 aliphatic heterocycles. The number of fused-ring (bicyclic) bond motifs is 1. The Labute approximate surface area is 88.5 Å². The lowest BCUT2D eigenvalue weighted by Crippen LogP contribution is -2.21. The molecule has 0 unspecified atom stereocenters. The molecule has 2 rings (SSSR count). The standard InChI is InChI=1S/C9H9F3N2O2/c10-9(11,12)7-6-4(8(15)16)2-1-3-5(6)13-14-7/h4H,1-3H2,(H,13,14)(H,15,16)/t4-/m1/s1. The highest BCUT2D eigenvalue weighted by molar-refractivity contribution is 5.77. The van der Waals surface area contributed by atoms with Gasteiger partial charge in [-0.1, -0.05) is 0 Å². The van der Waals surface area contributed by atoms with Crippen LogP contribution in [-0.4, -0.2) is 21.3 Å². The molecule has 0 aromatic carbocycles. The lowest BCUT2D eigenvalue weighted by Gasteiger charge is -2.19. The van der Waals surface area contributed by atoms with E-state index in [1.165, 1.54) is 0 Å². The van der Waals surface area contributed by atoms with Crippen molar-refractivity contribution in [1.82, 2.24) is 10.2 Å². The van der Waals surface area contributed by atoms with E-state index in [4.69, 9.17) is 5.11 Å². The highest BCUT2D eigenvalue weighted by Gasteiger charge is 2.42. The molecule has 0 saturated carbocycles. The fourth-order valence-corrected chi connectivity index (χ4v) is 2.04. The van der Waals surface area contributed by atoms with Gasteiger partial charge < -0.3 is 5.11 Å². The molecular weight excluding hydrogens is 225 g/mol. The van der Waals surface area contributed by atoms with Crippen LogP contribution in [0.4, 0.5) is 13.2 Å². The van der Waals surface area contributed by atoms with Gasteiger partial charge in [-0.2, -0.15) is 18.3 Å². The first kappa shape index (κ1) is 11.0. The van der Waals surface area contributed by atoms with Gasteiger partial charge in [0.15, 0.2) is 5.69 Å². The third-order valence-electron chi connectivity index (χ3n) is 2.72. The number of aryl methyl sites for hydroxylation is 1. The molecule has 0 amide bonds. The summed E-state index contributed by atoms with van der Waals surface area (Å²) in [4.78, 5) is 10.9. The molecule has 1 aromatic rings. The van der Waals surface area contributed by atoms with Crippen LogP contribution in [0.25, 0.3) is 0 Å². The molecule has 0 saturated heterocycles. The predicted octanol–water partition coefficient (Wildman–Crippen LogP) is 1.93. The van der Waals surface area contributed by atoms with Crippen LogP contribution in [0.15, 0.2) is 0 Å². The monoisotopic (exact) mass is 234 g/mol. The molecule has 0 radical (unpaired) electrons. The van der Waals surface area contributed by atoms with Crippen molar-refractivity contribution in [3.8, 4) is 0 Å². The van der Waals surface area contributed by atoms with E-state index >= 15 is 0 Å². The second-order valence-electron chi connectivity index (χ2n) is 3.75. The maximum absolute atomic E-state index is 12.6. The highest BCUT2D eigenvalue weighted by atomic mass is 19.4. The van der Waals surface area contributed by atoms with Crippen LogP contribution >= 0.6 is 0 Å². The Hall–Kier alpha value is -1.53. The van der Waals surface area contributed by atoms with Gasteiger partial charge in [-0.25, -0.2) is 0 Å². The maximum Gasteiger partial charge on any atom is 0.435 e. The van der Waals surface area contributed by atoms with Gasteiger partial charge in [-0.05, 0) is 19.3 Å². The number of nitrogens with zero attached hydrogens (tertiary/aromatic N) is 1. The Morgan fingerprint density at radius 3 is 2.75 bits per heavy atom. The number of carbonyl (C=O) groups is 1. The van der Waals surface area contributed by atoms with Gasteiger partial charge in [0.25, 0.3) is 0 Å². The van der Waals surface area contributed by atoms with Crippen LogP contribution in [0.5, 0.6) is 0 Å². The number of hydrogen-bond acceptors (Lipinski definition) is 2. The zero-order valence-corrected chi connectivity index (χ0v) is 8.14. The number of carboxylic acid groups (broad SMARTS) is 1. The van der Waals surface area contributed by atoms with E-state index in [0.29, 0.717) is 18.5 Å². The minimum atomic E-state index is -4.60. The molecule has 2 N–H and O–H groups in total. The van der Waals surface area contributed by atoms with E-state index in [2.05, 4.69) is 10.2 Å². The first-order valence-electron chi connectivity index (χ1n) is 4.78. The molecule has 1 atom stereocenters. The van der Waals surface area contributed by atoms with Crippen molar-refractivity contribution in [3.63, 3.8) is 0 Å². The molecular formula is C9H9F3N2O2. The summed E-state index contributed by atoms with van der Waals surface area (Å²) >= 11 is 0. The van der Waals surface area contributed by atoms with Crippen LogP contribution in [0.2, 0.25) is 0 Å². The van der Waals surface area contributed by atoms with E-state index in [0.717, 1.165) is 0 Å². The number of halogens is 3. The van der Waals surface area contributed by atoms with Gasteiger partial charge in [-0.15, -0.1) is 0 Å². The zero-order valence-electron chi connectivity index (χ0n) is 8.14. The number of H-pyrrole nitrogens is 1. The molecule has 0 fully saturated rings. The van der Waals surface area contributed by atoms with E-state index in [1.54, 1.807) is 0 Å². The Morgan fingerprint density at radius 2 is 2.19 bits per heavy atom. The number of rotatable bonds is 1. The largest absolute Gasteiger partial charge is 0.481 e. The zero-order chi connectivity index (χ0) is 11.9. The van der Waals surface area contributed by atoms with Gasteiger partial charge in [0.2, 0.25) is 0 Å². The van der Waals surface area contributed by atoms with Crippen LogP contribution in [0, 0.1) is 0 Å². The lowest BCUT2D eigenvalue weighted by atomic mass is 9.85. The number of aromatic nitrogens is 2. The third kappa shape index (κ3) is 1.66. The molecule has 0 spiro atoms. The molecule has 1 heterocycles. The fourth-order valence-electron chi connectivity index (χ4n) is 2.04. The van der Waals surface area contributed by atoms with Gasteiger partial charge in [0.05, 0.1) is 5.92 Å². The summed E-state index contributed by atoms with van der Waals surface area (Å²) in [6.45, 7) is 0. The van der Waals surface area contributed by atoms with Gasteiger partial charge in [0.1, 0.15) is 0 Å². The van der Waals surface area contributed by atoms with Crippen molar-refractivity contribution in [2.75, 3.05) is 0 Å². The topological polar surface area (TPSA) is 66.0 Å².